The van der Waals surface area contributed by atoms with Gasteiger partial charge in [0, 0.05) is 12.1 Å². The van der Waals surface area contributed by atoms with Gasteiger partial charge in [-0.2, -0.15) is 5.48 Å². The van der Waals surface area contributed by atoms with Crippen LogP contribution in [0.5, 0.6) is 5.75 Å². The molecule has 3 nitrogen and oxygen atoms in total. The van der Waals surface area contributed by atoms with Crippen LogP contribution >= 0.6 is 0 Å². The lowest BCUT2D eigenvalue weighted by molar-refractivity contribution is 0.0858. The molecule has 1 aliphatic rings. The van der Waals surface area contributed by atoms with Gasteiger partial charge < -0.3 is 9.57 Å². The lowest BCUT2D eigenvalue weighted by atomic mass is 10.2. The van der Waals surface area contributed by atoms with E-state index < -0.39 is 0 Å². The minimum absolute atomic E-state index is 0.258. The maximum Gasteiger partial charge on any atom is 0.124 e. The van der Waals surface area contributed by atoms with Gasteiger partial charge in [0.2, 0.25) is 0 Å². The number of ether oxygens (including phenoxy) is 1. The summed E-state index contributed by atoms with van der Waals surface area (Å²) < 4.78 is 18.6. The SMILES string of the molecule is CONCc1cc(F)ccc1OC1CC1. The highest BCUT2D eigenvalue weighted by Gasteiger charge is 2.24. The van der Waals surface area contributed by atoms with Gasteiger partial charge >= 0.3 is 0 Å². The van der Waals surface area contributed by atoms with Crippen molar-refractivity contribution in [2.75, 3.05) is 7.11 Å². The molecule has 4 heteroatoms. The summed E-state index contributed by atoms with van der Waals surface area (Å²) in [6.45, 7) is 0.441. The molecule has 0 radical (unpaired) electrons. The maximum atomic E-state index is 13.0. The Hall–Kier alpha value is -1.13. The van der Waals surface area contributed by atoms with Gasteiger partial charge in [0.1, 0.15) is 11.6 Å². The van der Waals surface area contributed by atoms with E-state index in [-0.39, 0.29) is 5.82 Å². The Bertz CT molecular complexity index is 339. The number of hydrogen-bond acceptors (Lipinski definition) is 3. The highest BCUT2D eigenvalue weighted by atomic mass is 19.1. The van der Waals surface area contributed by atoms with E-state index in [1.54, 1.807) is 6.07 Å². The normalized spacial score (nSPS) is 15.3. The molecule has 1 N–H and O–H groups in total. The smallest absolute Gasteiger partial charge is 0.124 e. The van der Waals surface area contributed by atoms with Crippen LogP contribution in [0, 0.1) is 5.82 Å². The summed E-state index contributed by atoms with van der Waals surface area (Å²) in [4.78, 5) is 4.73. The van der Waals surface area contributed by atoms with Crippen LogP contribution in [-0.2, 0) is 11.4 Å². The van der Waals surface area contributed by atoms with Crippen molar-refractivity contribution < 1.29 is 14.0 Å². The summed E-state index contributed by atoms with van der Waals surface area (Å²) in [6, 6.07) is 4.54. The molecular formula is C11H14FNO2. The third kappa shape index (κ3) is 2.91. The van der Waals surface area contributed by atoms with Crippen LogP contribution in [0.25, 0.3) is 0 Å². The molecule has 1 aliphatic carbocycles. The fourth-order valence-corrected chi connectivity index (χ4v) is 1.32. The Morgan fingerprint density at radius 2 is 2.27 bits per heavy atom. The first-order valence-corrected chi connectivity index (χ1v) is 5.00. The zero-order valence-corrected chi connectivity index (χ0v) is 8.63. The Morgan fingerprint density at radius 1 is 1.47 bits per heavy atom. The fourth-order valence-electron chi connectivity index (χ4n) is 1.32. The first kappa shape index (κ1) is 10.4. The van der Waals surface area contributed by atoms with E-state index in [1.807, 2.05) is 0 Å². The lowest BCUT2D eigenvalue weighted by Gasteiger charge is -2.10. The monoisotopic (exact) mass is 211 g/mol. The molecule has 0 heterocycles. The highest BCUT2D eigenvalue weighted by molar-refractivity contribution is 5.34. The van der Waals surface area contributed by atoms with E-state index in [0.29, 0.717) is 12.6 Å². The van der Waals surface area contributed by atoms with Crippen molar-refractivity contribution in [1.29, 1.82) is 0 Å². The van der Waals surface area contributed by atoms with Crippen LogP contribution < -0.4 is 10.2 Å². The van der Waals surface area contributed by atoms with Gasteiger partial charge in [0.05, 0.1) is 13.2 Å². The fraction of sp³-hybridized carbons (Fsp3) is 0.455. The Kier molecular flexibility index (Phi) is 3.18. The molecule has 1 aromatic carbocycles. The molecule has 1 fully saturated rings. The largest absolute Gasteiger partial charge is 0.490 e. The molecule has 2 rings (SSSR count). The average molecular weight is 211 g/mol. The molecule has 82 valence electrons. The summed E-state index contributed by atoms with van der Waals surface area (Å²) in [7, 11) is 1.53. The van der Waals surface area contributed by atoms with E-state index in [9.17, 15) is 4.39 Å². The Labute approximate surface area is 88.1 Å². The molecule has 1 saturated carbocycles. The quantitative estimate of drug-likeness (QED) is 0.756. The zero-order valence-electron chi connectivity index (χ0n) is 8.63. The van der Waals surface area contributed by atoms with Gasteiger partial charge in [0.15, 0.2) is 0 Å². The van der Waals surface area contributed by atoms with E-state index in [1.165, 1.54) is 19.2 Å². The van der Waals surface area contributed by atoms with Crippen molar-refractivity contribution in [2.45, 2.75) is 25.5 Å². The van der Waals surface area contributed by atoms with Gasteiger partial charge in [-0.05, 0) is 31.0 Å². The summed E-state index contributed by atoms with van der Waals surface area (Å²) in [6.07, 6.45) is 2.50. The number of nitrogens with one attached hydrogen (secondary N) is 1. The van der Waals surface area contributed by atoms with Crippen LogP contribution in [0.1, 0.15) is 18.4 Å². The molecule has 0 saturated heterocycles. The van der Waals surface area contributed by atoms with Crippen LogP contribution in [0.2, 0.25) is 0 Å². The first-order valence-electron chi connectivity index (χ1n) is 5.00. The molecule has 0 bridgehead atoms. The third-order valence-corrected chi connectivity index (χ3v) is 2.25. The van der Waals surface area contributed by atoms with Gasteiger partial charge in [-0.3, -0.25) is 0 Å². The Morgan fingerprint density at radius 3 is 2.93 bits per heavy atom. The molecule has 0 unspecified atom stereocenters. The van der Waals surface area contributed by atoms with E-state index in [2.05, 4.69) is 5.48 Å². The second kappa shape index (κ2) is 4.59. The predicted molar refractivity (Wildman–Crippen MR) is 53.9 cm³/mol. The number of hydroxylamine groups is 1. The predicted octanol–water partition coefficient (Wildman–Crippen LogP) is 2.02. The third-order valence-electron chi connectivity index (χ3n) is 2.25. The molecule has 15 heavy (non-hydrogen) atoms. The zero-order chi connectivity index (χ0) is 10.7. The van der Waals surface area contributed by atoms with Crippen molar-refractivity contribution in [2.24, 2.45) is 0 Å². The summed E-state index contributed by atoms with van der Waals surface area (Å²) >= 11 is 0. The minimum atomic E-state index is -0.258. The van der Waals surface area contributed by atoms with Crippen molar-refractivity contribution in [1.82, 2.24) is 5.48 Å². The van der Waals surface area contributed by atoms with Crippen LogP contribution in [0.15, 0.2) is 18.2 Å². The molecule has 0 spiro atoms. The summed E-state index contributed by atoms with van der Waals surface area (Å²) in [5, 5.41) is 0. The molecule has 0 aliphatic heterocycles. The van der Waals surface area contributed by atoms with Gasteiger partial charge in [-0.15, -0.1) is 0 Å². The highest BCUT2D eigenvalue weighted by Crippen LogP contribution is 2.29. The van der Waals surface area contributed by atoms with E-state index in [4.69, 9.17) is 9.57 Å². The van der Waals surface area contributed by atoms with Crippen molar-refractivity contribution in [3.63, 3.8) is 0 Å². The maximum absolute atomic E-state index is 13.0. The average Bonchev–Trinajstić information content (AvgIpc) is 3.02. The number of halogens is 1. The van der Waals surface area contributed by atoms with Gasteiger partial charge in [0.25, 0.3) is 0 Å². The number of rotatable bonds is 5. The first-order chi connectivity index (χ1) is 7.29. The van der Waals surface area contributed by atoms with Crippen LogP contribution in [-0.4, -0.2) is 13.2 Å². The van der Waals surface area contributed by atoms with Gasteiger partial charge in [-0.25, -0.2) is 4.39 Å². The molecule has 1 aromatic rings. The standard InChI is InChI=1S/C11H14FNO2/c1-14-13-7-8-6-9(12)2-5-11(8)15-10-3-4-10/h2,5-6,10,13H,3-4,7H2,1H3. The van der Waals surface area contributed by atoms with Crippen LogP contribution in [0.4, 0.5) is 4.39 Å². The topological polar surface area (TPSA) is 30.5 Å². The van der Waals surface area contributed by atoms with Crippen molar-refractivity contribution in [3.05, 3.63) is 29.6 Å². The van der Waals surface area contributed by atoms with Crippen molar-refractivity contribution >= 4 is 0 Å². The number of benzene rings is 1. The summed E-state index contributed by atoms with van der Waals surface area (Å²) in [5.74, 6) is 0.481. The van der Waals surface area contributed by atoms with Crippen LogP contribution in [0.3, 0.4) is 0 Å². The molecule has 0 amide bonds. The lowest BCUT2D eigenvalue weighted by Crippen LogP contribution is -2.12. The van der Waals surface area contributed by atoms with E-state index in [0.717, 1.165) is 24.2 Å². The molecule has 0 aromatic heterocycles. The second-order valence-electron chi connectivity index (χ2n) is 3.59. The summed E-state index contributed by atoms with van der Waals surface area (Å²) in [5.41, 5.74) is 3.46. The van der Waals surface area contributed by atoms with Crippen molar-refractivity contribution in [3.8, 4) is 5.75 Å². The molecule has 0 atom stereocenters. The minimum Gasteiger partial charge on any atom is -0.490 e. The molecular weight excluding hydrogens is 197 g/mol. The number of hydrogen-bond donors (Lipinski definition) is 1. The van der Waals surface area contributed by atoms with E-state index >= 15 is 0 Å². The van der Waals surface area contributed by atoms with Gasteiger partial charge in [-0.1, -0.05) is 0 Å². The second-order valence-corrected chi connectivity index (χ2v) is 3.59. The Balaban J connectivity index is 2.10.